The highest BCUT2D eigenvalue weighted by atomic mass is 79.9. The topological polar surface area (TPSA) is 62.8 Å². The van der Waals surface area contributed by atoms with Gasteiger partial charge in [0, 0.05) is 22.0 Å². The molecular formula is C24H29BrFN3O3. The molecule has 0 spiro atoms. The summed E-state index contributed by atoms with van der Waals surface area (Å²) in [5.74, 6) is 0.993. The Labute approximate surface area is 196 Å². The molecule has 1 heterocycles. The van der Waals surface area contributed by atoms with Crippen molar-refractivity contribution in [3.63, 3.8) is 0 Å². The number of carbonyl (C=O) groups excluding carboxylic acids is 1. The Morgan fingerprint density at radius 3 is 2.66 bits per heavy atom. The summed E-state index contributed by atoms with van der Waals surface area (Å²) in [6, 6.07) is 10.7. The molecule has 2 aromatic rings. The Kier molecular flexibility index (Phi) is 6.62. The lowest BCUT2D eigenvalue weighted by atomic mass is 9.65. The zero-order valence-electron chi connectivity index (χ0n) is 18.6. The minimum atomic E-state index is -0.471. The molecule has 1 aliphatic carbocycles. The number of urea groups is 1. The van der Waals surface area contributed by atoms with Crippen LogP contribution in [0, 0.1) is 5.82 Å². The number of likely N-dealkylation sites (tertiary alicyclic amines) is 1. The molecule has 2 aliphatic rings. The van der Waals surface area contributed by atoms with Crippen molar-refractivity contribution in [2.45, 2.75) is 43.2 Å². The van der Waals surface area contributed by atoms with Crippen LogP contribution in [0.2, 0.25) is 0 Å². The fourth-order valence-corrected chi connectivity index (χ4v) is 5.66. The number of ether oxygens (including phenoxy) is 2. The van der Waals surface area contributed by atoms with Crippen molar-refractivity contribution >= 4 is 27.6 Å². The molecule has 2 aromatic carbocycles. The predicted octanol–water partition coefficient (Wildman–Crippen LogP) is 4.92. The fraction of sp³-hybridized carbons (Fsp3) is 0.458. The third-order valence-corrected chi connectivity index (χ3v) is 7.49. The van der Waals surface area contributed by atoms with E-state index in [9.17, 15) is 9.18 Å². The highest BCUT2D eigenvalue weighted by molar-refractivity contribution is 9.10. The molecule has 0 bridgehead atoms. The van der Waals surface area contributed by atoms with Gasteiger partial charge in [-0.2, -0.15) is 0 Å². The van der Waals surface area contributed by atoms with Crippen LogP contribution in [0.15, 0.2) is 40.9 Å². The molecule has 172 valence electrons. The van der Waals surface area contributed by atoms with Crippen LogP contribution in [0.4, 0.5) is 14.9 Å². The number of nitrogens with zero attached hydrogens (tertiary/aromatic N) is 1. The number of benzene rings is 2. The van der Waals surface area contributed by atoms with E-state index in [-0.39, 0.29) is 23.2 Å². The summed E-state index contributed by atoms with van der Waals surface area (Å²) in [7, 11) is 5.45. The van der Waals surface area contributed by atoms with Gasteiger partial charge in [-0.25, -0.2) is 9.18 Å². The quantitative estimate of drug-likeness (QED) is 0.605. The number of likely N-dealkylation sites (N-methyl/N-ethyl adjacent to an activating group) is 1. The van der Waals surface area contributed by atoms with Gasteiger partial charge in [0.15, 0.2) is 11.5 Å². The molecule has 1 aliphatic heterocycles. The Morgan fingerprint density at radius 1 is 1.16 bits per heavy atom. The number of hydrogen-bond acceptors (Lipinski definition) is 4. The summed E-state index contributed by atoms with van der Waals surface area (Å²) in [6.45, 7) is 1.00. The van der Waals surface area contributed by atoms with Gasteiger partial charge in [-0.1, -0.05) is 22.0 Å². The van der Waals surface area contributed by atoms with E-state index in [0.29, 0.717) is 10.5 Å². The van der Waals surface area contributed by atoms with Gasteiger partial charge in [-0.3, -0.25) is 0 Å². The molecule has 2 N–H and O–H groups in total. The summed E-state index contributed by atoms with van der Waals surface area (Å²) >= 11 is 3.23. The van der Waals surface area contributed by atoms with Gasteiger partial charge in [0.05, 0.1) is 19.9 Å². The lowest BCUT2D eigenvalue weighted by molar-refractivity contribution is 0.156. The van der Waals surface area contributed by atoms with Crippen molar-refractivity contribution in [2.75, 3.05) is 33.1 Å². The minimum absolute atomic E-state index is 0.0147. The zero-order chi connectivity index (χ0) is 22.9. The Bertz CT molecular complexity index is 1000. The van der Waals surface area contributed by atoms with Gasteiger partial charge in [-0.15, -0.1) is 0 Å². The van der Waals surface area contributed by atoms with Crippen molar-refractivity contribution < 1.29 is 18.7 Å². The highest BCUT2D eigenvalue weighted by Crippen LogP contribution is 2.49. The van der Waals surface area contributed by atoms with E-state index < -0.39 is 5.82 Å². The van der Waals surface area contributed by atoms with Crippen molar-refractivity contribution in [1.29, 1.82) is 0 Å². The smallest absolute Gasteiger partial charge is 0.319 e. The second kappa shape index (κ2) is 9.27. The lowest BCUT2D eigenvalue weighted by Gasteiger charge is -2.45. The standard InChI is InChI=1S/C24H29BrFN3O3/c1-29-11-10-24(15-4-7-20(31-2)21(12-15)32-3)9-8-17(14-22(24)29)27-23(30)28-19-6-5-16(25)13-18(19)26/h4-7,12-13,17,22H,8-11,14H2,1-3H3,(H2,27,28,30)/t17-,22+,24+/m1/s1. The van der Waals surface area contributed by atoms with Gasteiger partial charge in [0.1, 0.15) is 5.82 Å². The highest BCUT2D eigenvalue weighted by Gasteiger charge is 2.50. The van der Waals surface area contributed by atoms with Crippen LogP contribution >= 0.6 is 15.9 Å². The number of carbonyl (C=O) groups is 1. The molecule has 8 heteroatoms. The predicted molar refractivity (Wildman–Crippen MR) is 126 cm³/mol. The Morgan fingerprint density at radius 2 is 1.94 bits per heavy atom. The summed E-state index contributed by atoms with van der Waals surface area (Å²) in [4.78, 5) is 14.9. The first-order valence-corrected chi connectivity index (χ1v) is 11.6. The number of amides is 2. The number of nitrogens with one attached hydrogen (secondary N) is 2. The summed E-state index contributed by atoms with van der Waals surface area (Å²) in [5.41, 5.74) is 1.43. The number of fused-ring (bicyclic) bond motifs is 1. The maximum atomic E-state index is 14.1. The molecule has 0 aromatic heterocycles. The van der Waals surface area contributed by atoms with Gasteiger partial charge in [0.2, 0.25) is 0 Å². The summed E-state index contributed by atoms with van der Waals surface area (Å²) in [6.07, 6.45) is 3.71. The maximum absolute atomic E-state index is 14.1. The second-order valence-corrected chi connectivity index (χ2v) is 9.58. The van der Waals surface area contributed by atoms with E-state index in [1.54, 1.807) is 26.4 Å². The number of rotatable bonds is 5. The largest absolute Gasteiger partial charge is 0.493 e. The number of methoxy groups -OCH3 is 2. The molecule has 1 saturated carbocycles. The van der Waals surface area contributed by atoms with Crippen LogP contribution in [-0.2, 0) is 5.41 Å². The Balaban J connectivity index is 1.48. The third-order valence-electron chi connectivity index (χ3n) is 7.00. The number of anilines is 1. The Hall–Kier alpha value is -2.32. The van der Waals surface area contributed by atoms with Crippen molar-refractivity contribution in [1.82, 2.24) is 10.2 Å². The molecule has 4 rings (SSSR count). The lowest BCUT2D eigenvalue weighted by Crippen LogP contribution is -2.52. The van der Waals surface area contributed by atoms with E-state index >= 15 is 0 Å². The fourth-order valence-electron chi connectivity index (χ4n) is 5.33. The van der Waals surface area contributed by atoms with Gasteiger partial charge in [0.25, 0.3) is 0 Å². The molecule has 2 amide bonds. The zero-order valence-corrected chi connectivity index (χ0v) is 20.2. The molecular weight excluding hydrogens is 477 g/mol. The number of hydrogen-bond donors (Lipinski definition) is 2. The summed E-state index contributed by atoms with van der Waals surface area (Å²) < 4.78 is 25.7. The molecule has 0 radical (unpaired) electrons. The van der Waals surface area contributed by atoms with Crippen LogP contribution in [-0.4, -0.2) is 50.8 Å². The monoisotopic (exact) mass is 505 g/mol. The van der Waals surface area contributed by atoms with Crippen molar-refractivity contribution in [3.05, 3.63) is 52.3 Å². The van der Waals surface area contributed by atoms with Crippen LogP contribution in [0.25, 0.3) is 0 Å². The molecule has 2 fully saturated rings. The van der Waals surface area contributed by atoms with Crippen LogP contribution in [0.3, 0.4) is 0 Å². The first-order valence-electron chi connectivity index (χ1n) is 10.8. The maximum Gasteiger partial charge on any atom is 0.319 e. The minimum Gasteiger partial charge on any atom is -0.493 e. The van der Waals surface area contributed by atoms with Crippen molar-refractivity contribution in [2.24, 2.45) is 0 Å². The third kappa shape index (κ3) is 4.30. The molecule has 6 nitrogen and oxygen atoms in total. The SMILES string of the molecule is COc1ccc([C@@]23CC[C@@H](NC(=O)Nc4ccc(Br)cc4F)C[C@@H]2N(C)CC3)cc1OC. The van der Waals surface area contributed by atoms with Crippen LogP contribution in [0.1, 0.15) is 31.2 Å². The second-order valence-electron chi connectivity index (χ2n) is 8.67. The van der Waals surface area contributed by atoms with E-state index in [0.717, 1.165) is 43.7 Å². The van der Waals surface area contributed by atoms with E-state index in [2.05, 4.69) is 50.6 Å². The van der Waals surface area contributed by atoms with Gasteiger partial charge < -0.3 is 25.0 Å². The average molecular weight is 506 g/mol. The van der Waals surface area contributed by atoms with E-state index in [1.807, 2.05) is 6.07 Å². The summed E-state index contributed by atoms with van der Waals surface area (Å²) in [5, 5.41) is 5.69. The van der Waals surface area contributed by atoms with Gasteiger partial charge in [-0.05, 0) is 75.2 Å². The van der Waals surface area contributed by atoms with E-state index in [1.165, 1.54) is 11.6 Å². The van der Waals surface area contributed by atoms with E-state index in [4.69, 9.17) is 9.47 Å². The van der Waals surface area contributed by atoms with Crippen LogP contribution in [0.5, 0.6) is 11.5 Å². The van der Waals surface area contributed by atoms with Crippen LogP contribution < -0.4 is 20.1 Å². The molecule has 0 unspecified atom stereocenters. The molecule has 1 saturated heterocycles. The normalized spacial score (nSPS) is 25.2. The van der Waals surface area contributed by atoms with Crippen molar-refractivity contribution in [3.8, 4) is 11.5 Å². The number of halogens is 2. The van der Waals surface area contributed by atoms with Gasteiger partial charge >= 0.3 is 6.03 Å². The molecule has 32 heavy (non-hydrogen) atoms. The average Bonchev–Trinajstić information content (AvgIpc) is 3.12. The first-order chi connectivity index (χ1) is 15.4. The first kappa shape index (κ1) is 22.9. The molecule has 3 atom stereocenters.